The van der Waals surface area contributed by atoms with Crippen LogP contribution in [0.15, 0.2) is 73.3 Å². The zero-order chi connectivity index (χ0) is 26.1. The second-order valence-corrected chi connectivity index (χ2v) is 8.53. The molecular formula is C27H24N8O2. The summed E-state index contributed by atoms with van der Waals surface area (Å²) in [4.78, 5) is 33.8. The number of carbonyl (C=O) groups is 1. The Balaban J connectivity index is 1.58. The van der Waals surface area contributed by atoms with E-state index in [-0.39, 0.29) is 11.9 Å². The van der Waals surface area contributed by atoms with E-state index in [1.54, 1.807) is 25.4 Å². The average Bonchev–Trinajstić information content (AvgIpc) is 3.18. The molecule has 0 spiro atoms. The number of fused-ring (bicyclic) bond motifs is 1. The number of carbonyl (C=O) groups excluding carboxylic acids is 1. The number of anilines is 2. The van der Waals surface area contributed by atoms with Gasteiger partial charge < -0.3 is 20.4 Å². The van der Waals surface area contributed by atoms with Gasteiger partial charge in [-0.25, -0.2) is 24.9 Å². The number of nitrogen functional groups attached to an aromatic ring is 1. The molecule has 4 heterocycles. The van der Waals surface area contributed by atoms with Crippen LogP contribution in [0.5, 0.6) is 11.9 Å². The topological polar surface area (TPSA) is 134 Å². The van der Waals surface area contributed by atoms with Crippen LogP contribution in [-0.4, -0.2) is 35.4 Å². The Morgan fingerprint density at radius 2 is 1.76 bits per heavy atom. The van der Waals surface area contributed by atoms with Crippen molar-refractivity contribution in [1.29, 1.82) is 0 Å². The summed E-state index contributed by atoms with van der Waals surface area (Å²) >= 11 is 0. The van der Waals surface area contributed by atoms with Crippen LogP contribution < -0.4 is 15.8 Å². The van der Waals surface area contributed by atoms with Crippen molar-refractivity contribution in [2.75, 3.05) is 11.1 Å². The minimum atomic E-state index is -0.235. The lowest BCUT2D eigenvalue weighted by molar-refractivity contribution is -0.112. The summed E-state index contributed by atoms with van der Waals surface area (Å²) in [5.41, 5.74) is 12.1. The van der Waals surface area contributed by atoms with Crippen LogP contribution in [0.3, 0.4) is 0 Å². The van der Waals surface area contributed by atoms with E-state index in [2.05, 4.69) is 36.8 Å². The van der Waals surface area contributed by atoms with Crippen LogP contribution in [0.1, 0.15) is 12.6 Å². The summed E-state index contributed by atoms with van der Waals surface area (Å²) in [6.45, 7) is 7.22. The van der Waals surface area contributed by atoms with Gasteiger partial charge in [-0.3, -0.25) is 4.79 Å². The standard InChI is InChI=1S/C27H24N8O2/c1-15(2)26(36)34-19-10-8-17(9-11-19)23-21(22-24(28)31-14-32-25(22)35(23)4)18-12-29-27(30-13-18)37-20-7-5-6-16(3)33-20/h5-14H,1H2,2-4H3,(H,34,36)(H2,28,31,32). The van der Waals surface area contributed by atoms with Crippen LogP contribution in [0.25, 0.3) is 33.4 Å². The van der Waals surface area contributed by atoms with Crippen LogP contribution in [0, 0.1) is 6.92 Å². The second kappa shape index (κ2) is 9.50. The molecule has 37 heavy (non-hydrogen) atoms. The lowest BCUT2D eigenvalue weighted by Gasteiger charge is -2.11. The number of nitrogens with one attached hydrogen (secondary N) is 1. The SMILES string of the molecule is C=C(C)C(=O)Nc1ccc(-c2c(-c3cnc(Oc4cccc(C)n4)nc3)c3c(N)ncnc3n2C)cc1. The first-order valence-electron chi connectivity index (χ1n) is 11.4. The van der Waals surface area contributed by atoms with Crippen molar-refractivity contribution in [2.24, 2.45) is 7.05 Å². The van der Waals surface area contributed by atoms with E-state index in [4.69, 9.17) is 10.5 Å². The van der Waals surface area contributed by atoms with E-state index in [9.17, 15) is 4.79 Å². The fraction of sp³-hybridized carbons (Fsp3) is 0.111. The van der Waals surface area contributed by atoms with Gasteiger partial charge in [0.25, 0.3) is 5.91 Å². The summed E-state index contributed by atoms with van der Waals surface area (Å²) in [5.74, 6) is 0.521. The van der Waals surface area contributed by atoms with Gasteiger partial charge in [0, 0.05) is 53.6 Å². The highest BCUT2D eigenvalue weighted by atomic mass is 16.5. The Hall–Kier alpha value is -5.12. The first-order chi connectivity index (χ1) is 17.8. The molecule has 4 aromatic heterocycles. The van der Waals surface area contributed by atoms with Crippen LogP contribution >= 0.6 is 0 Å². The molecule has 184 valence electrons. The quantitative estimate of drug-likeness (QED) is 0.326. The molecule has 0 aliphatic rings. The highest BCUT2D eigenvalue weighted by Gasteiger charge is 2.22. The summed E-state index contributed by atoms with van der Waals surface area (Å²) in [6, 6.07) is 13.1. The molecule has 0 saturated carbocycles. The van der Waals surface area contributed by atoms with Gasteiger partial charge in [-0.05, 0) is 37.6 Å². The number of ether oxygens (including phenoxy) is 1. The zero-order valence-electron chi connectivity index (χ0n) is 20.6. The molecule has 0 aliphatic carbocycles. The van der Waals surface area contributed by atoms with E-state index in [0.717, 1.165) is 22.5 Å². The summed E-state index contributed by atoms with van der Waals surface area (Å²) in [6.07, 6.45) is 4.78. The predicted molar refractivity (Wildman–Crippen MR) is 142 cm³/mol. The third-order valence-electron chi connectivity index (χ3n) is 5.78. The molecule has 5 rings (SSSR count). The number of hydrogen-bond acceptors (Lipinski definition) is 8. The van der Waals surface area contributed by atoms with E-state index in [1.807, 2.05) is 54.9 Å². The normalized spacial score (nSPS) is 10.9. The molecule has 0 radical (unpaired) electrons. The van der Waals surface area contributed by atoms with Crippen molar-refractivity contribution < 1.29 is 9.53 Å². The van der Waals surface area contributed by atoms with Gasteiger partial charge in [-0.15, -0.1) is 0 Å². The number of aromatic nitrogens is 6. The van der Waals surface area contributed by atoms with E-state index < -0.39 is 0 Å². The Morgan fingerprint density at radius 3 is 2.43 bits per heavy atom. The largest absolute Gasteiger partial charge is 0.405 e. The Morgan fingerprint density at radius 1 is 1.03 bits per heavy atom. The van der Waals surface area contributed by atoms with Gasteiger partial charge in [0.15, 0.2) is 0 Å². The first-order valence-corrected chi connectivity index (χ1v) is 11.4. The van der Waals surface area contributed by atoms with Gasteiger partial charge in [0.1, 0.15) is 17.8 Å². The minimum Gasteiger partial charge on any atom is -0.405 e. The average molecular weight is 493 g/mol. The number of pyridine rings is 1. The molecule has 0 aliphatic heterocycles. The molecule has 0 unspecified atom stereocenters. The molecule has 1 amide bonds. The zero-order valence-corrected chi connectivity index (χ0v) is 20.6. The van der Waals surface area contributed by atoms with Gasteiger partial charge >= 0.3 is 6.01 Å². The number of rotatable bonds is 6. The number of hydrogen-bond donors (Lipinski definition) is 2. The van der Waals surface area contributed by atoms with Crippen LogP contribution in [0.2, 0.25) is 0 Å². The maximum Gasteiger partial charge on any atom is 0.323 e. The molecule has 10 heteroatoms. The van der Waals surface area contributed by atoms with Crippen molar-refractivity contribution in [2.45, 2.75) is 13.8 Å². The molecule has 10 nitrogen and oxygen atoms in total. The van der Waals surface area contributed by atoms with Crippen molar-refractivity contribution in [3.8, 4) is 34.3 Å². The maximum atomic E-state index is 12.0. The fourth-order valence-corrected chi connectivity index (χ4v) is 4.01. The Bertz CT molecular complexity index is 1640. The van der Waals surface area contributed by atoms with Gasteiger partial charge in [0.2, 0.25) is 5.88 Å². The van der Waals surface area contributed by atoms with Crippen molar-refractivity contribution in [3.05, 3.63) is 79.0 Å². The lowest BCUT2D eigenvalue weighted by atomic mass is 10.0. The monoisotopic (exact) mass is 492 g/mol. The number of nitrogens with two attached hydrogens (primary N) is 1. The predicted octanol–water partition coefficient (Wildman–Crippen LogP) is 4.68. The molecular weight excluding hydrogens is 468 g/mol. The molecule has 3 N–H and O–H groups in total. The highest BCUT2D eigenvalue weighted by molar-refractivity contribution is 6.08. The smallest absolute Gasteiger partial charge is 0.323 e. The summed E-state index contributed by atoms with van der Waals surface area (Å²) < 4.78 is 7.66. The van der Waals surface area contributed by atoms with Gasteiger partial charge in [0.05, 0.1) is 11.1 Å². The summed E-state index contributed by atoms with van der Waals surface area (Å²) in [5, 5.41) is 3.51. The molecule has 0 atom stereocenters. The van der Waals surface area contributed by atoms with Gasteiger partial charge in [-0.2, -0.15) is 0 Å². The fourth-order valence-electron chi connectivity index (χ4n) is 4.01. The maximum absolute atomic E-state index is 12.0. The van der Waals surface area contributed by atoms with E-state index in [1.165, 1.54) is 6.33 Å². The molecule has 0 saturated heterocycles. The molecule has 0 fully saturated rings. The molecule has 0 bridgehead atoms. The van der Waals surface area contributed by atoms with Crippen LogP contribution in [0.4, 0.5) is 11.5 Å². The third-order valence-corrected chi connectivity index (χ3v) is 5.78. The Labute approximate surface area is 212 Å². The van der Waals surface area contributed by atoms with E-state index in [0.29, 0.717) is 39.6 Å². The number of benzene rings is 1. The first kappa shape index (κ1) is 23.6. The lowest BCUT2D eigenvalue weighted by Crippen LogP contribution is -2.11. The summed E-state index contributed by atoms with van der Waals surface area (Å²) in [7, 11) is 1.91. The highest BCUT2D eigenvalue weighted by Crippen LogP contribution is 2.41. The molecule has 1 aromatic carbocycles. The van der Waals surface area contributed by atoms with Gasteiger partial charge in [-0.1, -0.05) is 24.8 Å². The van der Waals surface area contributed by atoms with E-state index >= 15 is 0 Å². The second-order valence-electron chi connectivity index (χ2n) is 8.53. The minimum absolute atomic E-state index is 0.172. The Kier molecular flexibility index (Phi) is 6.06. The number of nitrogens with zero attached hydrogens (tertiary/aromatic N) is 6. The number of amides is 1. The number of aryl methyl sites for hydroxylation is 2. The molecule has 5 aromatic rings. The third kappa shape index (κ3) is 4.59. The van der Waals surface area contributed by atoms with Crippen molar-refractivity contribution >= 4 is 28.4 Å². The van der Waals surface area contributed by atoms with Crippen molar-refractivity contribution in [1.82, 2.24) is 29.5 Å². The van der Waals surface area contributed by atoms with Crippen molar-refractivity contribution in [3.63, 3.8) is 0 Å². The van der Waals surface area contributed by atoms with Crippen LogP contribution in [-0.2, 0) is 11.8 Å².